The van der Waals surface area contributed by atoms with E-state index in [2.05, 4.69) is 0 Å². The van der Waals surface area contributed by atoms with Gasteiger partial charge in [0, 0.05) is 5.56 Å². The number of hydrogen-bond donors (Lipinski definition) is 0. The maximum absolute atomic E-state index is 13.6. The predicted molar refractivity (Wildman–Crippen MR) is 71.6 cm³/mol. The Morgan fingerprint density at radius 2 is 2.00 bits per heavy atom. The van der Waals surface area contributed by atoms with Crippen molar-refractivity contribution in [1.29, 1.82) is 5.26 Å². The second-order valence-electron chi connectivity index (χ2n) is 4.08. The maximum atomic E-state index is 13.6. The molecule has 6 heteroatoms. The van der Waals surface area contributed by atoms with Crippen molar-refractivity contribution in [3.63, 3.8) is 0 Å². The number of hydrogen-bond acceptors (Lipinski definition) is 3. The second kappa shape index (κ2) is 6.33. The highest BCUT2D eigenvalue weighted by atomic mass is 35.5. The van der Waals surface area contributed by atoms with Crippen LogP contribution in [0.25, 0.3) is 0 Å². The number of esters is 1. The van der Waals surface area contributed by atoms with Gasteiger partial charge in [0.2, 0.25) is 0 Å². The van der Waals surface area contributed by atoms with Gasteiger partial charge in [-0.1, -0.05) is 17.7 Å². The van der Waals surface area contributed by atoms with E-state index in [0.29, 0.717) is 0 Å². The normalized spacial score (nSPS) is 10.0. The first-order valence-electron chi connectivity index (χ1n) is 5.82. The molecule has 0 aliphatic carbocycles. The van der Waals surface area contributed by atoms with Crippen LogP contribution in [0.5, 0.6) is 0 Å². The van der Waals surface area contributed by atoms with Gasteiger partial charge in [0.15, 0.2) is 0 Å². The first kappa shape index (κ1) is 14.9. The molecule has 0 saturated heterocycles. The number of nitrogens with zero attached hydrogens (tertiary/aromatic N) is 1. The first-order chi connectivity index (χ1) is 10.0. The molecule has 3 nitrogen and oxygen atoms in total. The van der Waals surface area contributed by atoms with Gasteiger partial charge in [-0.15, -0.1) is 0 Å². The molecule has 0 N–H and O–H groups in total. The molecule has 0 unspecified atom stereocenters. The summed E-state index contributed by atoms with van der Waals surface area (Å²) in [7, 11) is 0. The number of carbonyl (C=O) groups excluding carboxylic acids is 1. The Morgan fingerprint density at radius 3 is 2.62 bits per heavy atom. The smallest absolute Gasteiger partial charge is 0.341 e. The van der Waals surface area contributed by atoms with E-state index < -0.39 is 24.2 Å². The number of carbonyl (C=O) groups is 1. The maximum Gasteiger partial charge on any atom is 0.341 e. The van der Waals surface area contributed by atoms with Gasteiger partial charge >= 0.3 is 5.97 Å². The molecule has 21 heavy (non-hydrogen) atoms. The van der Waals surface area contributed by atoms with Gasteiger partial charge in [0.1, 0.15) is 18.2 Å². The molecule has 0 fully saturated rings. The monoisotopic (exact) mass is 307 g/mol. The molecule has 0 amide bonds. The van der Waals surface area contributed by atoms with E-state index in [9.17, 15) is 13.6 Å². The highest BCUT2D eigenvalue weighted by Gasteiger charge is 2.16. The van der Waals surface area contributed by atoms with Crippen LogP contribution < -0.4 is 0 Å². The minimum Gasteiger partial charge on any atom is -0.457 e. The third-order valence-corrected chi connectivity index (χ3v) is 3.08. The molecule has 2 aromatic carbocycles. The summed E-state index contributed by atoms with van der Waals surface area (Å²) >= 11 is 5.79. The van der Waals surface area contributed by atoms with E-state index in [1.165, 1.54) is 24.3 Å². The molecule has 2 aromatic rings. The third-order valence-electron chi connectivity index (χ3n) is 2.73. The zero-order chi connectivity index (χ0) is 15.4. The molecule has 0 spiro atoms. The van der Waals surface area contributed by atoms with Crippen LogP contribution in [0.1, 0.15) is 21.5 Å². The molecule has 0 aliphatic rings. The van der Waals surface area contributed by atoms with Crippen LogP contribution in [-0.4, -0.2) is 5.97 Å². The van der Waals surface area contributed by atoms with Crippen molar-refractivity contribution < 1.29 is 18.3 Å². The molecular weight excluding hydrogens is 300 g/mol. The zero-order valence-corrected chi connectivity index (χ0v) is 11.3. The Hall–Kier alpha value is -2.45. The minimum atomic E-state index is -0.962. The largest absolute Gasteiger partial charge is 0.457 e. The van der Waals surface area contributed by atoms with Crippen molar-refractivity contribution in [1.82, 2.24) is 0 Å². The molecule has 0 aliphatic heterocycles. The van der Waals surface area contributed by atoms with Crippen LogP contribution in [0.15, 0.2) is 36.4 Å². The van der Waals surface area contributed by atoms with Crippen molar-refractivity contribution in [3.05, 3.63) is 69.7 Å². The molecular formula is C15H8ClF2NO2. The van der Waals surface area contributed by atoms with E-state index in [0.717, 1.165) is 12.1 Å². The Kier molecular flexibility index (Phi) is 4.51. The number of benzene rings is 2. The van der Waals surface area contributed by atoms with E-state index in [4.69, 9.17) is 21.6 Å². The lowest BCUT2D eigenvalue weighted by Gasteiger charge is -2.08. The van der Waals surface area contributed by atoms with Gasteiger partial charge in [0.05, 0.1) is 22.2 Å². The number of halogens is 3. The fourth-order valence-corrected chi connectivity index (χ4v) is 1.85. The lowest BCUT2D eigenvalue weighted by atomic mass is 10.1. The number of nitriles is 1. The van der Waals surface area contributed by atoms with Crippen molar-refractivity contribution in [2.24, 2.45) is 0 Å². The van der Waals surface area contributed by atoms with Crippen LogP contribution in [0.4, 0.5) is 8.78 Å². The quantitative estimate of drug-likeness (QED) is 0.809. The molecule has 0 atom stereocenters. The predicted octanol–water partition coefficient (Wildman–Crippen LogP) is 3.85. The highest BCUT2D eigenvalue weighted by Crippen LogP contribution is 2.20. The Labute approximate surface area is 124 Å². The summed E-state index contributed by atoms with van der Waals surface area (Å²) in [5, 5.41) is 8.73. The van der Waals surface area contributed by atoms with Crippen LogP contribution in [0, 0.1) is 23.0 Å². The number of ether oxygens (including phenoxy) is 1. The molecule has 2 rings (SSSR count). The average molecular weight is 308 g/mol. The molecule has 0 aromatic heterocycles. The lowest BCUT2D eigenvalue weighted by molar-refractivity contribution is 0.0464. The highest BCUT2D eigenvalue weighted by molar-refractivity contribution is 6.31. The average Bonchev–Trinajstić information content (AvgIpc) is 2.46. The fraction of sp³-hybridized carbons (Fsp3) is 0.0667. The SMILES string of the molecule is N#Cc1ccc(C(=O)OCc2c(F)cccc2Cl)c(F)c1. The summed E-state index contributed by atoms with van der Waals surface area (Å²) in [6.45, 7) is -0.413. The lowest BCUT2D eigenvalue weighted by Crippen LogP contribution is -2.09. The van der Waals surface area contributed by atoms with Gasteiger partial charge in [0.25, 0.3) is 0 Å². The summed E-state index contributed by atoms with van der Waals surface area (Å²) in [4.78, 5) is 11.8. The van der Waals surface area contributed by atoms with E-state index in [1.807, 2.05) is 0 Å². The van der Waals surface area contributed by atoms with Gasteiger partial charge in [-0.25, -0.2) is 13.6 Å². The van der Waals surface area contributed by atoms with Crippen LogP contribution in [0.2, 0.25) is 5.02 Å². The van der Waals surface area contributed by atoms with Gasteiger partial charge < -0.3 is 4.74 Å². The first-order valence-corrected chi connectivity index (χ1v) is 6.20. The molecule has 0 bridgehead atoms. The molecule has 106 valence electrons. The van der Waals surface area contributed by atoms with Gasteiger partial charge in [-0.2, -0.15) is 5.26 Å². The molecule has 0 radical (unpaired) electrons. The molecule has 0 saturated carbocycles. The molecule has 0 heterocycles. The summed E-state index contributed by atoms with van der Waals surface area (Å²) in [6.07, 6.45) is 0. The van der Waals surface area contributed by atoms with Gasteiger partial charge in [-0.3, -0.25) is 0 Å². The van der Waals surface area contributed by atoms with E-state index in [-0.39, 0.29) is 21.7 Å². The summed E-state index contributed by atoms with van der Waals surface area (Å²) in [5.74, 6) is -2.45. The minimum absolute atomic E-state index is 0.0153. The third kappa shape index (κ3) is 3.36. The summed E-state index contributed by atoms with van der Waals surface area (Å²) < 4.78 is 32.0. The zero-order valence-electron chi connectivity index (χ0n) is 10.6. The Bertz CT molecular complexity index is 721. The number of rotatable bonds is 3. The van der Waals surface area contributed by atoms with Crippen molar-refractivity contribution in [3.8, 4) is 6.07 Å². The Balaban J connectivity index is 2.14. The van der Waals surface area contributed by atoms with Gasteiger partial charge in [-0.05, 0) is 30.3 Å². The van der Waals surface area contributed by atoms with E-state index >= 15 is 0 Å². The van der Waals surface area contributed by atoms with Crippen molar-refractivity contribution in [2.75, 3.05) is 0 Å². The van der Waals surface area contributed by atoms with Crippen molar-refractivity contribution >= 4 is 17.6 Å². The summed E-state index contributed by atoms with van der Waals surface area (Å²) in [5.41, 5.74) is -0.232. The standard InChI is InChI=1S/C15H8ClF2NO2/c16-12-2-1-3-13(17)11(12)8-21-15(20)10-5-4-9(7-19)6-14(10)18/h1-6H,8H2. The fourth-order valence-electron chi connectivity index (χ4n) is 1.64. The summed E-state index contributed by atoms with van der Waals surface area (Å²) in [6, 6.07) is 9.15. The van der Waals surface area contributed by atoms with Crippen LogP contribution in [0.3, 0.4) is 0 Å². The second-order valence-corrected chi connectivity index (χ2v) is 4.49. The van der Waals surface area contributed by atoms with Crippen molar-refractivity contribution in [2.45, 2.75) is 6.61 Å². The van der Waals surface area contributed by atoms with Crippen LogP contribution >= 0.6 is 11.6 Å². The van der Waals surface area contributed by atoms with Crippen LogP contribution in [-0.2, 0) is 11.3 Å². The topological polar surface area (TPSA) is 50.1 Å². The Morgan fingerprint density at radius 1 is 1.24 bits per heavy atom. The van der Waals surface area contributed by atoms with E-state index in [1.54, 1.807) is 6.07 Å².